The first kappa shape index (κ1) is 13.1. The van der Waals surface area contributed by atoms with Crippen molar-refractivity contribution in [3.05, 3.63) is 23.8 Å². The molecule has 2 N–H and O–H groups in total. The molecule has 1 aromatic carbocycles. The fraction of sp³-hybridized carbons (Fsp3) is 0.467. The second-order valence-electron chi connectivity index (χ2n) is 5.40. The van der Waals surface area contributed by atoms with Crippen molar-refractivity contribution in [2.45, 2.75) is 32.2 Å². The third-order valence-electron chi connectivity index (χ3n) is 4.00. The molecule has 106 valence electrons. The Kier molecular flexibility index (Phi) is 3.44. The number of anilines is 2. The molecule has 5 nitrogen and oxygen atoms in total. The molecule has 2 aliphatic rings. The van der Waals surface area contributed by atoms with E-state index >= 15 is 0 Å². The van der Waals surface area contributed by atoms with Gasteiger partial charge in [0.15, 0.2) is 0 Å². The van der Waals surface area contributed by atoms with Crippen LogP contribution in [0, 0.1) is 0 Å². The zero-order valence-electron chi connectivity index (χ0n) is 11.6. The fourth-order valence-electron chi connectivity index (χ4n) is 2.94. The largest absolute Gasteiger partial charge is 0.325 e. The number of hydrogen-bond donors (Lipinski definition) is 2. The van der Waals surface area contributed by atoms with Crippen molar-refractivity contribution in [1.82, 2.24) is 5.32 Å². The van der Waals surface area contributed by atoms with E-state index in [4.69, 9.17) is 0 Å². The summed E-state index contributed by atoms with van der Waals surface area (Å²) in [7, 11) is 0. The molecule has 0 spiro atoms. The summed E-state index contributed by atoms with van der Waals surface area (Å²) in [6.45, 7) is 3.22. The molecule has 1 fully saturated rings. The molecule has 0 aliphatic carbocycles. The number of nitrogens with one attached hydrogen (secondary N) is 2. The third-order valence-corrected chi connectivity index (χ3v) is 4.00. The number of nitrogens with zero attached hydrogens (tertiary/aromatic N) is 1. The summed E-state index contributed by atoms with van der Waals surface area (Å²) < 4.78 is 0. The Morgan fingerprint density at radius 1 is 1.40 bits per heavy atom. The average Bonchev–Trinajstić information content (AvgIpc) is 3.07. The predicted octanol–water partition coefficient (Wildman–Crippen LogP) is 1.29. The molecule has 2 heterocycles. The van der Waals surface area contributed by atoms with Gasteiger partial charge in [0.05, 0.1) is 6.04 Å². The Morgan fingerprint density at radius 3 is 2.95 bits per heavy atom. The van der Waals surface area contributed by atoms with Crippen molar-refractivity contribution in [2.24, 2.45) is 0 Å². The molecule has 0 saturated carbocycles. The number of fused-ring (bicyclic) bond motifs is 1. The van der Waals surface area contributed by atoms with Gasteiger partial charge in [-0.25, -0.2) is 0 Å². The van der Waals surface area contributed by atoms with E-state index in [0.29, 0.717) is 0 Å². The molecule has 2 aliphatic heterocycles. The van der Waals surface area contributed by atoms with Crippen LogP contribution in [0.4, 0.5) is 11.4 Å². The van der Waals surface area contributed by atoms with Gasteiger partial charge < -0.3 is 15.5 Å². The maximum absolute atomic E-state index is 12.0. The predicted molar refractivity (Wildman–Crippen MR) is 77.8 cm³/mol. The van der Waals surface area contributed by atoms with E-state index in [1.165, 1.54) is 0 Å². The summed E-state index contributed by atoms with van der Waals surface area (Å²) in [5.74, 6) is 0.0968. The van der Waals surface area contributed by atoms with E-state index in [9.17, 15) is 9.59 Å². The van der Waals surface area contributed by atoms with E-state index in [0.717, 1.165) is 49.3 Å². The molecule has 3 rings (SSSR count). The van der Waals surface area contributed by atoms with Gasteiger partial charge in [-0.15, -0.1) is 0 Å². The van der Waals surface area contributed by atoms with Crippen molar-refractivity contribution >= 4 is 23.2 Å². The normalized spacial score (nSPS) is 20.9. The average molecular weight is 273 g/mol. The van der Waals surface area contributed by atoms with Crippen LogP contribution in [0.3, 0.4) is 0 Å². The van der Waals surface area contributed by atoms with E-state index in [1.807, 2.05) is 18.2 Å². The lowest BCUT2D eigenvalue weighted by molar-refractivity contribution is -0.118. The van der Waals surface area contributed by atoms with Gasteiger partial charge in [0.25, 0.3) is 0 Å². The van der Waals surface area contributed by atoms with Crippen LogP contribution < -0.4 is 15.5 Å². The third kappa shape index (κ3) is 2.41. The van der Waals surface area contributed by atoms with E-state index in [-0.39, 0.29) is 17.9 Å². The lowest BCUT2D eigenvalue weighted by atomic mass is 10.1. The maximum Gasteiger partial charge on any atom is 0.241 e. The Bertz CT molecular complexity index is 550. The molecular formula is C15H19N3O2. The molecule has 5 heteroatoms. The minimum Gasteiger partial charge on any atom is -0.325 e. The minimum atomic E-state index is -0.0722. The first-order chi connectivity index (χ1) is 9.65. The molecule has 1 aromatic rings. The monoisotopic (exact) mass is 273 g/mol. The second-order valence-corrected chi connectivity index (χ2v) is 5.40. The Labute approximate surface area is 118 Å². The zero-order valence-corrected chi connectivity index (χ0v) is 11.6. The van der Waals surface area contributed by atoms with Gasteiger partial charge in [0, 0.05) is 24.8 Å². The van der Waals surface area contributed by atoms with Crippen LogP contribution in [0.1, 0.15) is 25.3 Å². The van der Waals surface area contributed by atoms with Gasteiger partial charge in [-0.1, -0.05) is 0 Å². The summed E-state index contributed by atoms with van der Waals surface area (Å²) in [6.07, 6.45) is 2.80. The van der Waals surface area contributed by atoms with Crippen LogP contribution in [0.5, 0.6) is 0 Å². The highest BCUT2D eigenvalue weighted by molar-refractivity contribution is 5.97. The van der Waals surface area contributed by atoms with Crippen LogP contribution in [0.15, 0.2) is 18.2 Å². The molecule has 0 aromatic heterocycles. The van der Waals surface area contributed by atoms with Gasteiger partial charge >= 0.3 is 0 Å². The lowest BCUT2D eigenvalue weighted by Crippen LogP contribution is -2.35. The standard InChI is InChI=1S/C15H19N3O2/c1-10(19)18-8-6-11-9-12(4-5-14(11)18)17-15(20)13-3-2-7-16-13/h4-5,9,13,16H,2-3,6-8H2,1H3,(H,17,20)/t13-/m0/s1. The highest BCUT2D eigenvalue weighted by Crippen LogP contribution is 2.30. The Balaban J connectivity index is 1.73. The fourth-order valence-corrected chi connectivity index (χ4v) is 2.94. The summed E-state index contributed by atoms with van der Waals surface area (Å²) in [4.78, 5) is 25.3. The topological polar surface area (TPSA) is 61.4 Å². The number of hydrogen-bond acceptors (Lipinski definition) is 3. The summed E-state index contributed by atoms with van der Waals surface area (Å²) >= 11 is 0. The minimum absolute atomic E-state index is 0.0314. The van der Waals surface area contributed by atoms with E-state index in [2.05, 4.69) is 10.6 Å². The van der Waals surface area contributed by atoms with Crippen molar-refractivity contribution in [3.63, 3.8) is 0 Å². The van der Waals surface area contributed by atoms with E-state index < -0.39 is 0 Å². The van der Waals surface area contributed by atoms with Crippen LogP contribution >= 0.6 is 0 Å². The van der Waals surface area contributed by atoms with Gasteiger partial charge in [-0.2, -0.15) is 0 Å². The van der Waals surface area contributed by atoms with Crippen molar-refractivity contribution < 1.29 is 9.59 Å². The van der Waals surface area contributed by atoms with Gasteiger partial charge in [0.1, 0.15) is 0 Å². The lowest BCUT2D eigenvalue weighted by Gasteiger charge is -2.15. The first-order valence-electron chi connectivity index (χ1n) is 7.10. The second kappa shape index (κ2) is 5.25. The van der Waals surface area contributed by atoms with Crippen LogP contribution in [-0.2, 0) is 16.0 Å². The molecule has 1 atom stereocenters. The van der Waals surface area contributed by atoms with Gasteiger partial charge in [-0.05, 0) is 49.6 Å². The summed E-state index contributed by atoms with van der Waals surface area (Å²) in [6, 6.07) is 5.69. The summed E-state index contributed by atoms with van der Waals surface area (Å²) in [5, 5.41) is 6.14. The molecule has 1 saturated heterocycles. The molecule has 20 heavy (non-hydrogen) atoms. The number of rotatable bonds is 2. The highest BCUT2D eigenvalue weighted by Gasteiger charge is 2.24. The molecular weight excluding hydrogens is 254 g/mol. The Hall–Kier alpha value is -1.88. The van der Waals surface area contributed by atoms with E-state index in [1.54, 1.807) is 11.8 Å². The first-order valence-corrected chi connectivity index (χ1v) is 7.10. The molecule has 0 radical (unpaired) electrons. The number of benzene rings is 1. The molecule has 0 bridgehead atoms. The van der Waals surface area contributed by atoms with Gasteiger partial charge in [-0.3, -0.25) is 9.59 Å². The Morgan fingerprint density at radius 2 is 2.25 bits per heavy atom. The highest BCUT2D eigenvalue weighted by atomic mass is 16.2. The number of amides is 2. The zero-order chi connectivity index (χ0) is 14.1. The van der Waals surface area contributed by atoms with Crippen LogP contribution in [-0.4, -0.2) is 30.9 Å². The number of carbonyl (C=O) groups is 2. The van der Waals surface area contributed by atoms with Gasteiger partial charge in [0.2, 0.25) is 11.8 Å². The van der Waals surface area contributed by atoms with Crippen LogP contribution in [0.25, 0.3) is 0 Å². The summed E-state index contributed by atoms with van der Waals surface area (Å²) in [5.41, 5.74) is 2.90. The van der Waals surface area contributed by atoms with Crippen molar-refractivity contribution in [1.29, 1.82) is 0 Å². The van der Waals surface area contributed by atoms with Crippen molar-refractivity contribution in [2.75, 3.05) is 23.3 Å². The van der Waals surface area contributed by atoms with Crippen LogP contribution in [0.2, 0.25) is 0 Å². The quantitative estimate of drug-likeness (QED) is 0.853. The SMILES string of the molecule is CC(=O)N1CCc2cc(NC(=O)[C@@H]3CCCN3)ccc21. The molecule has 0 unspecified atom stereocenters. The van der Waals surface area contributed by atoms with Crippen molar-refractivity contribution in [3.8, 4) is 0 Å². The maximum atomic E-state index is 12.0. The number of carbonyl (C=O) groups excluding carboxylic acids is 2. The smallest absolute Gasteiger partial charge is 0.241 e. The molecule has 2 amide bonds.